The molecule has 0 saturated carbocycles. The summed E-state index contributed by atoms with van der Waals surface area (Å²) in [5, 5.41) is 10.9. The van der Waals surface area contributed by atoms with Crippen molar-refractivity contribution in [1.82, 2.24) is 0 Å². The summed E-state index contributed by atoms with van der Waals surface area (Å²) in [6.45, 7) is 0. The van der Waals surface area contributed by atoms with Gasteiger partial charge in [-0.3, -0.25) is 4.79 Å². The average molecular weight is 230 g/mol. The minimum Gasteiger partial charge on any atom is -0.508 e. The van der Waals surface area contributed by atoms with Crippen molar-refractivity contribution in [2.75, 3.05) is 0 Å². The molecule has 5 heteroatoms. The third-order valence-electron chi connectivity index (χ3n) is 1.47. The fraction of sp³-hybridized carbons (Fsp3) is 0.100. The number of allylic oxidation sites excluding steroid dienone is 2. The molecule has 80 valence electrons. The van der Waals surface area contributed by atoms with Crippen LogP contribution in [0.4, 0.5) is 8.78 Å². The molecule has 0 aliphatic rings. The number of rotatable bonds is 4. The van der Waals surface area contributed by atoms with Gasteiger partial charge in [-0.1, -0.05) is 6.07 Å². The normalized spacial score (nSPS) is 12.6. The van der Waals surface area contributed by atoms with Crippen molar-refractivity contribution >= 4 is 23.2 Å². The van der Waals surface area contributed by atoms with E-state index in [2.05, 4.69) is 0 Å². The van der Waals surface area contributed by atoms with E-state index in [0.29, 0.717) is 6.08 Å². The predicted molar refractivity (Wildman–Crippen MR) is 55.1 cm³/mol. The molecule has 15 heavy (non-hydrogen) atoms. The van der Waals surface area contributed by atoms with E-state index in [-0.39, 0.29) is 0 Å². The van der Waals surface area contributed by atoms with Crippen LogP contribution in [0.25, 0.3) is 6.08 Å². The summed E-state index contributed by atoms with van der Waals surface area (Å²) in [4.78, 5) is 11.4. The van der Waals surface area contributed by atoms with Gasteiger partial charge in [-0.15, -0.1) is 11.3 Å². The minimum absolute atomic E-state index is 0.478. The lowest BCUT2D eigenvalue weighted by Crippen LogP contribution is -2.06. The van der Waals surface area contributed by atoms with Crippen molar-refractivity contribution in [2.45, 2.75) is 6.43 Å². The van der Waals surface area contributed by atoms with Crippen molar-refractivity contribution < 1.29 is 18.7 Å². The molecule has 0 atom stereocenters. The molecule has 0 aromatic carbocycles. The Kier molecular flexibility index (Phi) is 4.17. The topological polar surface area (TPSA) is 37.3 Å². The van der Waals surface area contributed by atoms with Gasteiger partial charge < -0.3 is 5.11 Å². The molecule has 0 aliphatic heterocycles. The van der Waals surface area contributed by atoms with Crippen molar-refractivity contribution in [2.24, 2.45) is 0 Å². The maximum Gasteiger partial charge on any atom is 0.300 e. The van der Waals surface area contributed by atoms with Crippen molar-refractivity contribution in [3.63, 3.8) is 0 Å². The van der Waals surface area contributed by atoms with Crippen LogP contribution in [0.3, 0.4) is 0 Å². The van der Waals surface area contributed by atoms with Crippen LogP contribution in [0, 0.1) is 0 Å². The van der Waals surface area contributed by atoms with E-state index in [9.17, 15) is 13.6 Å². The molecule has 0 unspecified atom stereocenters. The summed E-state index contributed by atoms with van der Waals surface area (Å²) in [7, 11) is 0. The van der Waals surface area contributed by atoms with Gasteiger partial charge in [0.1, 0.15) is 5.76 Å². The first-order chi connectivity index (χ1) is 7.09. The molecule has 1 aromatic heterocycles. The van der Waals surface area contributed by atoms with Crippen molar-refractivity contribution in [1.29, 1.82) is 0 Å². The van der Waals surface area contributed by atoms with E-state index in [4.69, 9.17) is 5.11 Å². The molecule has 1 aromatic rings. The van der Waals surface area contributed by atoms with Gasteiger partial charge in [-0.2, -0.15) is 0 Å². The summed E-state index contributed by atoms with van der Waals surface area (Å²) in [6.07, 6.45) is 0.165. The van der Waals surface area contributed by atoms with Crippen LogP contribution in [-0.2, 0) is 4.79 Å². The Bertz CT molecular complexity index is 380. The van der Waals surface area contributed by atoms with Crippen LogP contribution in [0.1, 0.15) is 4.88 Å². The highest BCUT2D eigenvalue weighted by Gasteiger charge is 2.12. The Morgan fingerprint density at radius 3 is 2.80 bits per heavy atom. The van der Waals surface area contributed by atoms with E-state index >= 15 is 0 Å². The minimum atomic E-state index is -3.08. The number of ketones is 1. The molecule has 0 amide bonds. The number of hydrogen-bond donors (Lipinski definition) is 1. The quantitative estimate of drug-likeness (QED) is 0.490. The fourth-order valence-corrected chi connectivity index (χ4v) is 1.43. The van der Waals surface area contributed by atoms with E-state index < -0.39 is 18.0 Å². The van der Waals surface area contributed by atoms with Gasteiger partial charge in [0, 0.05) is 11.0 Å². The Morgan fingerprint density at radius 1 is 1.53 bits per heavy atom. The molecule has 0 aliphatic carbocycles. The summed E-state index contributed by atoms with van der Waals surface area (Å²) in [5.74, 6) is -1.88. The Labute approximate surface area is 89.2 Å². The molecule has 0 fully saturated rings. The molecule has 0 bridgehead atoms. The molecule has 1 rings (SSSR count). The molecular formula is C10H8F2O2S. The van der Waals surface area contributed by atoms with Crippen molar-refractivity contribution in [3.05, 3.63) is 40.3 Å². The second-order valence-corrected chi connectivity index (χ2v) is 3.60. The zero-order chi connectivity index (χ0) is 11.3. The SMILES string of the molecule is O=C(C=C(O)C=Cc1cccs1)C(F)F. The molecule has 0 radical (unpaired) electrons. The lowest BCUT2D eigenvalue weighted by molar-refractivity contribution is -0.124. The Balaban J connectivity index is 2.63. The first-order valence-corrected chi connectivity index (χ1v) is 4.92. The highest BCUT2D eigenvalue weighted by Crippen LogP contribution is 2.11. The van der Waals surface area contributed by atoms with Crippen LogP contribution in [0.2, 0.25) is 0 Å². The van der Waals surface area contributed by atoms with Crippen LogP contribution in [0.15, 0.2) is 35.4 Å². The number of alkyl halides is 2. The molecular weight excluding hydrogens is 222 g/mol. The highest BCUT2D eigenvalue weighted by atomic mass is 32.1. The summed E-state index contributed by atoms with van der Waals surface area (Å²) in [5.41, 5.74) is 0. The molecule has 0 spiro atoms. The highest BCUT2D eigenvalue weighted by molar-refractivity contribution is 7.10. The largest absolute Gasteiger partial charge is 0.508 e. The smallest absolute Gasteiger partial charge is 0.300 e. The van der Waals surface area contributed by atoms with Gasteiger partial charge in [-0.25, -0.2) is 8.78 Å². The molecule has 2 nitrogen and oxygen atoms in total. The average Bonchev–Trinajstić information content (AvgIpc) is 2.66. The van der Waals surface area contributed by atoms with Gasteiger partial charge in [0.25, 0.3) is 6.43 Å². The van der Waals surface area contributed by atoms with Crippen molar-refractivity contribution in [3.8, 4) is 0 Å². The monoisotopic (exact) mass is 230 g/mol. The fourth-order valence-electron chi connectivity index (χ4n) is 0.810. The van der Waals surface area contributed by atoms with E-state index in [1.165, 1.54) is 23.5 Å². The number of halogens is 2. The third kappa shape index (κ3) is 4.03. The molecule has 1 heterocycles. The van der Waals surface area contributed by atoms with Gasteiger partial charge in [-0.05, 0) is 23.6 Å². The van der Waals surface area contributed by atoms with E-state index in [0.717, 1.165) is 4.88 Å². The third-order valence-corrected chi connectivity index (χ3v) is 2.30. The summed E-state index contributed by atoms with van der Waals surface area (Å²) in [6, 6.07) is 3.61. The first-order valence-electron chi connectivity index (χ1n) is 4.04. The second kappa shape index (κ2) is 5.41. The van der Waals surface area contributed by atoms with Crippen LogP contribution in [0.5, 0.6) is 0 Å². The maximum absolute atomic E-state index is 11.8. The number of thiophene rings is 1. The zero-order valence-corrected chi connectivity index (χ0v) is 8.38. The Morgan fingerprint density at radius 2 is 2.27 bits per heavy atom. The zero-order valence-electron chi connectivity index (χ0n) is 7.56. The van der Waals surface area contributed by atoms with Crippen LogP contribution < -0.4 is 0 Å². The number of carbonyl (C=O) groups is 1. The predicted octanol–water partition coefficient (Wildman–Crippen LogP) is 3.04. The van der Waals surface area contributed by atoms with E-state index in [1.54, 1.807) is 6.07 Å². The molecule has 1 N–H and O–H groups in total. The number of carbonyl (C=O) groups excluding carboxylic acids is 1. The number of aliphatic hydroxyl groups excluding tert-OH is 1. The van der Waals surface area contributed by atoms with Gasteiger partial charge in [0.2, 0.25) is 5.78 Å². The summed E-state index contributed by atoms with van der Waals surface area (Å²) < 4.78 is 23.6. The number of aliphatic hydroxyl groups is 1. The lowest BCUT2D eigenvalue weighted by atomic mass is 10.3. The standard InChI is InChI=1S/C10H8F2O2S/c11-10(12)9(14)6-7(13)3-4-8-2-1-5-15-8/h1-6,10,13H. The molecule has 0 saturated heterocycles. The van der Waals surface area contributed by atoms with E-state index in [1.807, 2.05) is 11.4 Å². The lowest BCUT2D eigenvalue weighted by Gasteiger charge is -1.92. The first kappa shape index (κ1) is 11.6. The second-order valence-electron chi connectivity index (χ2n) is 2.62. The van der Waals surface area contributed by atoms with Gasteiger partial charge in [0.05, 0.1) is 0 Å². The van der Waals surface area contributed by atoms with Gasteiger partial charge >= 0.3 is 0 Å². The van der Waals surface area contributed by atoms with Gasteiger partial charge in [0.15, 0.2) is 0 Å². The van der Waals surface area contributed by atoms with Crippen LogP contribution >= 0.6 is 11.3 Å². The van der Waals surface area contributed by atoms with Crippen LogP contribution in [-0.4, -0.2) is 17.3 Å². The number of hydrogen-bond acceptors (Lipinski definition) is 3. The maximum atomic E-state index is 11.8. The summed E-state index contributed by atoms with van der Waals surface area (Å²) >= 11 is 1.43. The Hall–Kier alpha value is -1.49.